The summed E-state index contributed by atoms with van der Waals surface area (Å²) in [6, 6.07) is 0. The first-order valence-corrected chi connectivity index (χ1v) is 9.13. The number of esters is 1. The first-order valence-electron chi connectivity index (χ1n) is 9.13. The number of hydrogen-bond donors (Lipinski definition) is 1. The van der Waals surface area contributed by atoms with E-state index in [1.807, 2.05) is 88.5 Å². The Labute approximate surface area is 174 Å². The lowest BCUT2D eigenvalue weighted by Crippen LogP contribution is -1.93. The fourth-order valence-electron chi connectivity index (χ4n) is 1.81. The maximum absolute atomic E-state index is 11.0. The molecule has 0 radical (unpaired) electrons. The maximum atomic E-state index is 11.0. The molecule has 154 valence electrons. The number of allylic oxidation sites excluding steroid dienone is 16. The van der Waals surface area contributed by atoms with Gasteiger partial charge in [-0.25, -0.2) is 9.59 Å². The van der Waals surface area contributed by atoms with Crippen LogP contribution in [0.1, 0.15) is 27.7 Å². The number of hydrogen-bond acceptors (Lipinski definition) is 3. The van der Waals surface area contributed by atoms with Crippen LogP contribution in [0.4, 0.5) is 0 Å². The van der Waals surface area contributed by atoms with E-state index < -0.39 is 5.97 Å². The van der Waals surface area contributed by atoms with Crippen molar-refractivity contribution in [2.45, 2.75) is 27.7 Å². The van der Waals surface area contributed by atoms with Crippen molar-refractivity contribution in [1.29, 1.82) is 0 Å². The molecule has 0 aliphatic carbocycles. The maximum Gasteiger partial charge on any atom is 0.330 e. The molecule has 4 nitrogen and oxygen atoms in total. The van der Waals surface area contributed by atoms with Crippen LogP contribution in [0.3, 0.4) is 0 Å². The normalized spacial score (nSPS) is 14.9. The van der Waals surface area contributed by atoms with Crippen LogP contribution in [0, 0.1) is 0 Å². The summed E-state index contributed by atoms with van der Waals surface area (Å²) in [7, 11) is 1.35. The minimum Gasteiger partial charge on any atom is -0.478 e. The molecular formula is C25H30O4. The van der Waals surface area contributed by atoms with Crippen LogP contribution in [0.25, 0.3) is 0 Å². The Kier molecular flexibility index (Phi) is 13.8. The minimum atomic E-state index is -0.956. The van der Waals surface area contributed by atoms with Gasteiger partial charge in [-0.3, -0.25) is 0 Å². The van der Waals surface area contributed by atoms with E-state index in [9.17, 15) is 9.59 Å². The van der Waals surface area contributed by atoms with E-state index >= 15 is 0 Å². The molecule has 0 saturated carbocycles. The lowest BCUT2D eigenvalue weighted by molar-refractivity contribution is -0.135. The van der Waals surface area contributed by atoms with Crippen LogP contribution in [0.2, 0.25) is 0 Å². The van der Waals surface area contributed by atoms with Crippen LogP contribution in [0.5, 0.6) is 0 Å². The Bertz CT molecular complexity index is 823. The van der Waals surface area contributed by atoms with Gasteiger partial charge in [0.25, 0.3) is 0 Å². The highest BCUT2D eigenvalue weighted by atomic mass is 16.5. The zero-order valence-electron chi connectivity index (χ0n) is 17.8. The lowest BCUT2D eigenvalue weighted by Gasteiger charge is -1.91. The van der Waals surface area contributed by atoms with Crippen molar-refractivity contribution in [2.75, 3.05) is 7.11 Å². The molecule has 0 spiro atoms. The van der Waals surface area contributed by atoms with E-state index in [0.29, 0.717) is 0 Å². The SMILES string of the molecule is COC(=O)\C=C/C(C)=C/C=C\C(C)=C\C=C\C=C(C)/C=C\C=C(C)\C=C/C(=O)O. The number of ether oxygens (including phenoxy) is 1. The summed E-state index contributed by atoms with van der Waals surface area (Å²) in [5.41, 5.74) is 3.98. The van der Waals surface area contributed by atoms with Crippen LogP contribution in [-0.2, 0) is 14.3 Å². The van der Waals surface area contributed by atoms with E-state index in [0.717, 1.165) is 28.4 Å². The monoisotopic (exact) mass is 394 g/mol. The molecule has 0 amide bonds. The number of carboxylic acid groups (broad SMARTS) is 1. The molecule has 0 bridgehead atoms. The van der Waals surface area contributed by atoms with Gasteiger partial charge in [-0.05, 0) is 27.7 Å². The summed E-state index contributed by atoms with van der Waals surface area (Å²) in [4.78, 5) is 21.5. The molecule has 0 aliphatic rings. The summed E-state index contributed by atoms with van der Waals surface area (Å²) in [5, 5.41) is 8.58. The van der Waals surface area contributed by atoms with E-state index in [4.69, 9.17) is 5.11 Å². The highest BCUT2D eigenvalue weighted by Crippen LogP contribution is 2.02. The van der Waals surface area contributed by atoms with Gasteiger partial charge in [-0.2, -0.15) is 0 Å². The van der Waals surface area contributed by atoms with E-state index in [2.05, 4.69) is 4.74 Å². The molecule has 0 rings (SSSR count). The summed E-state index contributed by atoms with van der Waals surface area (Å²) in [6.07, 6.45) is 25.2. The second-order valence-electron chi connectivity index (χ2n) is 6.27. The van der Waals surface area contributed by atoms with Gasteiger partial charge in [0, 0.05) is 12.2 Å². The number of rotatable bonds is 10. The summed E-state index contributed by atoms with van der Waals surface area (Å²) in [5.74, 6) is -1.33. The fourth-order valence-corrected chi connectivity index (χ4v) is 1.81. The molecule has 0 saturated heterocycles. The minimum absolute atomic E-state index is 0.373. The fraction of sp³-hybridized carbons (Fsp3) is 0.200. The molecular weight excluding hydrogens is 364 g/mol. The Morgan fingerprint density at radius 2 is 0.966 bits per heavy atom. The predicted octanol–water partition coefficient (Wildman–Crippen LogP) is 5.81. The van der Waals surface area contributed by atoms with Crippen molar-refractivity contribution >= 4 is 11.9 Å². The molecule has 0 aromatic heterocycles. The van der Waals surface area contributed by atoms with Gasteiger partial charge in [0.05, 0.1) is 7.11 Å². The van der Waals surface area contributed by atoms with Crippen molar-refractivity contribution in [1.82, 2.24) is 0 Å². The molecule has 0 aromatic carbocycles. The van der Waals surface area contributed by atoms with Gasteiger partial charge in [0.2, 0.25) is 0 Å². The highest BCUT2D eigenvalue weighted by molar-refractivity contribution is 5.82. The van der Waals surface area contributed by atoms with Crippen LogP contribution >= 0.6 is 0 Å². The largest absolute Gasteiger partial charge is 0.478 e. The van der Waals surface area contributed by atoms with Gasteiger partial charge in [-0.15, -0.1) is 0 Å². The summed E-state index contributed by atoms with van der Waals surface area (Å²) in [6.45, 7) is 7.74. The highest BCUT2D eigenvalue weighted by Gasteiger charge is 1.89. The molecule has 0 fully saturated rings. The zero-order valence-corrected chi connectivity index (χ0v) is 17.8. The van der Waals surface area contributed by atoms with E-state index in [1.54, 1.807) is 12.2 Å². The number of carboxylic acids is 1. The average molecular weight is 395 g/mol. The number of methoxy groups -OCH3 is 1. The molecule has 0 unspecified atom stereocenters. The Balaban J connectivity index is 4.67. The second-order valence-corrected chi connectivity index (χ2v) is 6.27. The van der Waals surface area contributed by atoms with Crippen molar-refractivity contribution in [2.24, 2.45) is 0 Å². The first-order chi connectivity index (χ1) is 13.7. The van der Waals surface area contributed by atoms with Gasteiger partial charge in [-0.1, -0.05) is 95.2 Å². The first kappa shape index (κ1) is 25.6. The predicted molar refractivity (Wildman–Crippen MR) is 120 cm³/mol. The van der Waals surface area contributed by atoms with Gasteiger partial charge in [0.15, 0.2) is 0 Å². The molecule has 29 heavy (non-hydrogen) atoms. The standard InChI is InChI=1S/C25H30O4/c1-20(12-8-14-22(3)16-18-24(26)27)10-6-7-11-21(2)13-9-15-23(4)17-19-25(28)29-5/h6-19H,1-5H3,(H,26,27)/b7-6+,12-8-,13-9-,18-16-,19-17-,20-10-,21-11+,22-14+,23-15+. The van der Waals surface area contributed by atoms with Crippen LogP contribution in [-0.4, -0.2) is 24.2 Å². The van der Waals surface area contributed by atoms with E-state index in [-0.39, 0.29) is 5.97 Å². The number of carbonyl (C=O) groups is 2. The Morgan fingerprint density at radius 1 is 0.586 bits per heavy atom. The van der Waals surface area contributed by atoms with Gasteiger partial charge >= 0.3 is 11.9 Å². The van der Waals surface area contributed by atoms with Crippen molar-refractivity contribution in [3.63, 3.8) is 0 Å². The Hall–Kier alpha value is -3.40. The molecule has 0 atom stereocenters. The van der Waals surface area contributed by atoms with E-state index in [1.165, 1.54) is 13.2 Å². The topological polar surface area (TPSA) is 63.6 Å². The Morgan fingerprint density at radius 3 is 1.38 bits per heavy atom. The molecule has 0 heterocycles. The third kappa shape index (κ3) is 16.5. The third-order valence-electron chi connectivity index (χ3n) is 3.44. The molecule has 0 aromatic rings. The smallest absolute Gasteiger partial charge is 0.330 e. The summed E-state index contributed by atoms with van der Waals surface area (Å²) >= 11 is 0. The zero-order chi connectivity index (χ0) is 22.1. The lowest BCUT2D eigenvalue weighted by atomic mass is 10.2. The third-order valence-corrected chi connectivity index (χ3v) is 3.44. The molecule has 0 aliphatic heterocycles. The quantitative estimate of drug-likeness (QED) is 0.288. The molecule has 4 heteroatoms. The number of aliphatic carboxylic acids is 1. The van der Waals surface area contributed by atoms with Crippen molar-refractivity contribution in [3.05, 3.63) is 107 Å². The van der Waals surface area contributed by atoms with Crippen molar-refractivity contribution in [3.8, 4) is 0 Å². The average Bonchev–Trinajstić information content (AvgIpc) is 2.67. The molecule has 1 N–H and O–H groups in total. The van der Waals surface area contributed by atoms with Crippen molar-refractivity contribution < 1.29 is 19.4 Å². The number of carbonyl (C=O) groups excluding carboxylic acids is 1. The summed E-state index contributed by atoms with van der Waals surface area (Å²) < 4.78 is 4.54. The van der Waals surface area contributed by atoms with Gasteiger partial charge < -0.3 is 9.84 Å². The van der Waals surface area contributed by atoms with Crippen LogP contribution < -0.4 is 0 Å². The van der Waals surface area contributed by atoms with Crippen LogP contribution in [0.15, 0.2) is 107 Å². The second kappa shape index (κ2) is 15.6. The van der Waals surface area contributed by atoms with Gasteiger partial charge in [0.1, 0.15) is 0 Å².